The molecule has 1 fully saturated rings. The van der Waals surface area contributed by atoms with E-state index in [1.807, 2.05) is 36.2 Å². The molecule has 1 saturated heterocycles. The minimum absolute atomic E-state index is 0.0203. The van der Waals surface area contributed by atoms with Gasteiger partial charge in [0.15, 0.2) is 0 Å². The summed E-state index contributed by atoms with van der Waals surface area (Å²) in [6, 6.07) is 7.83. The first-order valence-corrected chi connectivity index (χ1v) is 7.78. The highest BCUT2D eigenvalue weighted by atomic mass is 35.5. The zero-order chi connectivity index (χ0) is 15.2. The van der Waals surface area contributed by atoms with Crippen LogP contribution in [0.1, 0.15) is 31.4 Å². The summed E-state index contributed by atoms with van der Waals surface area (Å²) in [5, 5.41) is 3.67. The largest absolute Gasteiger partial charge is 0.376 e. The predicted molar refractivity (Wildman–Crippen MR) is 84.5 cm³/mol. The molecular weight excluding hydrogens is 288 g/mol. The summed E-state index contributed by atoms with van der Waals surface area (Å²) in [4.78, 5) is 14.0. The van der Waals surface area contributed by atoms with E-state index in [0.29, 0.717) is 13.1 Å². The molecule has 2 unspecified atom stereocenters. The van der Waals surface area contributed by atoms with Crippen molar-refractivity contribution in [2.24, 2.45) is 0 Å². The molecule has 0 aromatic heterocycles. The van der Waals surface area contributed by atoms with Crippen LogP contribution in [0.5, 0.6) is 0 Å². The van der Waals surface area contributed by atoms with Crippen molar-refractivity contribution in [2.45, 2.75) is 31.9 Å². The molecule has 21 heavy (non-hydrogen) atoms. The predicted octanol–water partition coefficient (Wildman–Crippen LogP) is 2.63. The van der Waals surface area contributed by atoms with Crippen molar-refractivity contribution < 1.29 is 9.53 Å². The molecule has 1 aromatic rings. The van der Waals surface area contributed by atoms with Crippen LogP contribution in [0.4, 0.5) is 0 Å². The number of rotatable bonds is 6. The van der Waals surface area contributed by atoms with Crippen molar-refractivity contribution >= 4 is 17.5 Å². The van der Waals surface area contributed by atoms with Gasteiger partial charge in [-0.05, 0) is 38.4 Å². The number of nitrogens with one attached hydrogen (secondary N) is 1. The number of carbonyl (C=O) groups excluding carboxylic acids is 1. The fourth-order valence-electron chi connectivity index (χ4n) is 2.50. The summed E-state index contributed by atoms with van der Waals surface area (Å²) in [5.41, 5.74) is 1.04. The molecule has 1 aliphatic heterocycles. The van der Waals surface area contributed by atoms with E-state index in [9.17, 15) is 4.79 Å². The Balaban J connectivity index is 1.81. The van der Waals surface area contributed by atoms with Crippen LogP contribution >= 0.6 is 11.6 Å². The summed E-state index contributed by atoms with van der Waals surface area (Å²) >= 11 is 6.20. The van der Waals surface area contributed by atoms with Crippen molar-refractivity contribution in [1.82, 2.24) is 10.2 Å². The maximum atomic E-state index is 12.0. The summed E-state index contributed by atoms with van der Waals surface area (Å²) in [6.45, 7) is 3.81. The van der Waals surface area contributed by atoms with Crippen LogP contribution in [0, 0.1) is 0 Å². The van der Waals surface area contributed by atoms with Gasteiger partial charge in [-0.2, -0.15) is 0 Å². The zero-order valence-corrected chi connectivity index (χ0v) is 13.4. The lowest BCUT2D eigenvalue weighted by Crippen LogP contribution is -2.39. The van der Waals surface area contributed by atoms with E-state index in [-0.39, 0.29) is 18.1 Å². The Morgan fingerprint density at radius 1 is 1.52 bits per heavy atom. The maximum absolute atomic E-state index is 12.0. The second kappa shape index (κ2) is 7.78. The number of hydrogen-bond donors (Lipinski definition) is 1. The van der Waals surface area contributed by atoms with E-state index in [4.69, 9.17) is 16.3 Å². The molecule has 5 heteroatoms. The lowest BCUT2D eigenvalue weighted by molar-refractivity contribution is -0.122. The van der Waals surface area contributed by atoms with Crippen LogP contribution in [0.15, 0.2) is 24.3 Å². The van der Waals surface area contributed by atoms with E-state index in [0.717, 1.165) is 30.0 Å². The standard InChI is InChI=1S/C16H23ClN2O2/c1-12(14-7-3-4-8-15(14)17)19(2)11-16(20)18-10-13-6-5-9-21-13/h3-4,7-8,12-13H,5-6,9-11H2,1-2H3,(H,18,20). The number of hydrogen-bond acceptors (Lipinski definition) is 3. The molecule has 1 N–H and O–H groups in total. The smallest absolute Gasteiger partial charge is 0.234 e. The van der Waals surface area contributed by atoms with Gasteiger partial charge in [0, 0.05) is 24.2 Å². The quantitative estimate of drug-likeness (QED) is 0.878. The van der Waals surface area contributed by atoms with Gasteiger partial charge in [0.1, 0.15) is 0 Å². The van der Waals surface area contributed by atoms with Gasteiger partial charge in [-0.25, -0.2) is 0 Å². The van der Waals surface area contributed by atoms with E-state index in [2.05, 4.69) is 12.2 Å². The van der Waals surface area contributed by atoms with Gasteiger partial charge in [0.25, 0.3) is 0 Å². The molecule has 4 nitrogen and oxygen atoms in total. The minimum atomic E-state index is 0.0203. The molecule has 2 atom stereocenters. The summed E-state index contributed by atoms with van der Waals surface area (Å²) in [6.07, 6.45) is 2.30. The van der Waals surface area contributed by atoms with E-state index < -0.39 is 0 Å². The van der Waals surface area contributed by atoms with Crippen LogP contribution in [0.3, 0.4) is 0 Å². The third-order valence-electron chi connectivity index (χ3n) is 3.96. The molecule has 0 bridgehead atoms. The third kappa shape index (κ3) is 4.70. The second-order valence-electron chi connectivity index (χ2n) is 5.55. The lowest BCUT2D eigenvalue weighted by Gasteiger charge is -2.25. The summed E-state index contributed by atoms with van der Waals surface area (Å²) in [5.74, 6) is 0.0203. The van der Waals surface area contributed by atoms with E-state index in [1.165, 1.54) is 0 Å². The molecule has 0 spiro atoms. The number of benzene rings is 1. The third-order valence-corrected chi connectivity index (χ3v) is 4.30. The topological polar surface area (TPSA) is 41.6 Å². The normalized spacial score (nSPS) is 19.7. The Morgan fingerprint density at radius 2 is 2.29 bits per heavy atom. The molecule has 1 aliphatic rings. The Labute approximate surface area is 131 Å². The van der Waals surface area contributed by atoms with Gasteiger partial charge in [-0.15, -0.1) is 0 Å². The number of amides is 1. The summed E-state index contributed by atoms with van der Waals surface area (Å²) < 4.78 is 5.50. The molecule has 0 saturated carbocycles. The minimum Gasteiger partial charge on any atom is -0.376 e. The van der Waals surface area contributed by atoms with E-state index >= 15 is 0 Å². The average Bonchev–Trinajstić information content (AvgIpc) is 2.98. The highest BCUT2D eigenvalue weighted by Crippen LogP contribution is 2.25. The second-order valence-corrected chi connectivity index (χ2v) is 5.96. The van der Waals surface area contributed by atoms with Crippen LogP contribution in [0.25, 0.3) is 0 Å². The first kappa shape index (κ1) is 16.3. The summed E-state index contributed by atoms with van der Waals surface area (Å²) in [7, 11) is 1.93. The fraction of sp³-hybridized carbons (Fsp3) is 0.562. The zero-order valence-electron chi connectivity index (χ0n) is 12.6. The molecule has 0 aliphatic carbocycles. The number of likely N-dealkylation sites (N-methyl/N-ethyl adjacent to an activating group) is 1. The van der Waals surface area contributed by atoms with Gasteiger partial charge in [-0.1, -0.05) is 29.8 Å². The Hall–Kier alpha value is -1.10. The Morgan fingerprint density at radius 3 is 2.95 bits per heavy atom. The molecule has 2 rings (SSSR count). The van der Waals surface area contributed by atoms with Crippen molar-refractivity contribution in [3.05, 3.63) is 34.9 Å². The van der Waals surface area contributed by atoms with Crippen molar-refractivity contribution in [2.75, 3.05) is 26.7 Å². The monoisotopic (exact) mass is 310 g/mol. The van der Waals surface area contributed by atoms with Crippen LogP contribution in [-0.4, -0.2) is 43.7 Å². The maximum Gasteiger partial charge on any atom is 0.234 e. The molecular formula is C16H23ClN2O2. The van der Waals surface area contributed by atoms with Crippen molar-refractivity contribution in [1.29, 1.82) is 0 Å². The highest BCUT2D eigenvalue weighted by molar-refractivity contribution is 6.31. The first-order valence-electron chi connectivity index (χ1n) is 7.41. The van der Waals surface area contributed by atoms with Gasteiger partial charge >= 0.3 is 0 Å². The van der Waals surface area contributed by atoms with Crippen LogP contribution < -0.4 is 5.32 Å². The Bertz CT molecular complexity index is 475. The van der Waals surface area contributed by atoms with E-state index in [1.54, 1.807) is 0 Å². The van der Waals surface area contributed by atoms with Gasteiger partial charge in [0.2, 0.25) is 5.91 Å². The number of nitrogens with zero attached hydrogens (tertiary/aromatic N) is 1. The number of carbonyl (C=O) groups is 1. The lowest BCUT2D eigenvalue weighted by atomic mass is 10.1. The van der Waals surface area contributed by atoms with Gasteiger partial charge < -0.3 is 10.1 Å². The molecule has 1 aromatic carbocycles. The van der Waals surface area contributed by atoms with Crippen LogP contribution in [-0.2, 0) is 9.53 Å². The molecule has 1 amide bonds. The number of ether oxygens (including phenoxy) is 1. The number of halogens is 1. The fourth-order valence-corrected chi connectivity index (χ4v) is 2.80. The van der Waals surface area contributed by atoms with Gasteiger partial charge in [-0.3, -0.25) is 9.69 Å². The molecule has 116 valence electrons. The first-order chi connectivity index (χ1) is 10.1. The Kier molecular flexibility index (Phi) is 6.03. The van der Waals surface area contributed by atoms with Crippen molar-refractivity contribution in [3.8, 4) is 0 Å². The highest BCUT2D eigenvalue weighted by Gasteiger charge is 2.19. The molecule has 1 heterocycles. The van der Waals surface area contributed by atoms with Crippen LogP contribution in [0.2, 0.25) is 5.02 Å². The van der Waals surface area contributed by atoms with Crippen molar-refractivity contribution in [3.63, 3.8) is 0 Å². The van der Waals surface area contributed by atoms with Gasteiger partial charge in [0.05, 0.1) is 12.6 Å². The molecule has 0 radical (unpaired) electrons. The SMILES string of the molecule is CC(c1ccccc1Cl)N(C)CC(=O)NCC1CCCO1. The average molecular weight is 311 g/mol.